The van der Waals surface area contributed by atoms with Crippen LogP contribution < -0.4 is 10.6 Å². The zero-order valence-electron chi connectivity index (χ0n) is 16.6. The number of H-pyrrole nitrogens is 1. The highest BCUT2D eigenvalue weighted by molar-refractivity contribution is 6.07. The summed E-state index contributed by atoms with van der Waals surface area (Å²) in [6.45, 7) is 0.541. The molecule has 1 unspecified atom stereocenters. The van der Waals surface area contributed by atoms with Crippen LogP contribution >= 0.6 is 0 Å². The van der Waals surface area contributed by atoms with E-state index in [0.717, 1.165) is 22.0 Å². The zero-order chi connectivity index (χ0) is 21.5. The lowest BCUT2D eigenvalue weighted by Crippen LogP contribution is -2.52. The van der Waals surface area contributed by atoms with Crippen molar-refractivity contribution in [3.8, 4) is 0 Å². The first-order valence-corrected chi connectivity index (χ1v) is 10.1. The van der Waals surface area contributed by atoms with E-state index in [1.54, 1.807) is 24.4 Å². The fourth-order valence-corrected chi connectivity index (χ4v) is 4.37. The number of hydrogen-bond acceptors (Lipinski definition) is 4. The maximum absolute atomic E-state index is 12.9. The molecule has 1 aromatic heterocycles. The van der Waals surface area contributed by atoms with E-state index in [9.17, 15) is 19.2 Å². The van der Waals surface area contributed by atoms with E-state index < -0.39 is 11.9 Å². The second-order valence-electron chi connectivity index (χ2n) is 7.77. The fraction of sp³-hybridized carbons (Fsp3) is 0.217. The molecule has 0 radical (unpaired) electrons. The molecule has 3 aromatic rings. The molecular weight excluding hydrogens is 396 g/mol. The fourth-order valence-electron chi connectivity index (χ4n) is 4.37. The summed E-state index contributed by atoms with van der Waals surface area (Å²) < 4.78 is 0. The van der Waals surface area contributed by atoms with Gasteiger partial charge in [0.05, 0.1) is 0 Å². The lowest BCUT2D eigenvalue weighted by Gasteiger charge is -2.29. The third-order valence-corrected chi connectivity index (χ3v) is 5.96. The minimum absolute atomic E-state index is 0.200. The van der Waals surface area contributed by atoms with Crippen LogP contribution in [0, 0.1) is 0 Å². The average molecular weight is 416 g/mol. The quantitative estimate of drug-likeness (QED) is 0.564. The minimum Gasteiger partial charge on any atom is -0.361 e. The Morgan fingerprint density at radius 2 is 1.94 bits per heavy atom. The Labute approximate surface area is 177 Å². The molecule has 8 heteroatoms. The Hall–Kier alpha value is -3.94. The van der Waals surface area contributed by atoms with Gasteiger partial charge in [0.2, 0.25) is 11.8 Å². The highest BCUT2D eigenvalue weighted by Gasteiger charge is 2.39. The van der Waals surface area contributed by atoms with Crippen LogP contribution in [0.25, 0.3) is 10.9 Å². The van der Waals surface area contributed by atoms with Crippen molar-refractivity contribution in [1.29, 1.82) is 0 Å². The van der Waals surface area contributed by atoms with E-state index >= 15 is 0 Å². The molecular formula is C23H20N4O4. The van der Waals surface area contributed by atoms with Gasteiger partial charge < -0.3 is 15.2 Å². The van der Waals surface area contributed by atoms with Crippen molar-refractivity contribution in [3.63, 3.8) is 0 Å². The predicted octanol–water partition coefficient (Wildman–Crippen LogP) is 1.86. The van der Waals surface area contributed by atoms with Crippen LogP contribution in [0.4, 0.5) is 0 Å². The number of piperidine rings is 1. The van der Waals surface area contributed by atoms with Crippen molar-refractivity contribution >= 4 is 34.5 Å². The summed E-state index contributed by atoms with van der Waals surface area (Å²) in [5.41, 5.74) is 3.63. The highest BCUT2D eigenvalue weighted by Crippen LogP contribution is 2.30. The van der Waals surface area contributed by atoms with Crippen LogP contribution in [0.1, 0.15) is 44.7 Å². The first-order valence-electron chi connectivity index (χ1n) is 10.1. The molecule has 1 atom stereocenters. The lowest BCUT2D eigenvalue weighted by atomic mass is 10.0. The lowest BCUT2D eigenvalue weighted by molar-refractivity contribution is -0.136. The summed E-state index contributed by atoms with van der Waals surface area (Å²) in [5, 5.41) is 6.10. The van der Waals surface area contributed by atoms with Crippen molar-refractivity contribution in [3.05, 3.63) is 70.9 Å². The van der Waals surface area contributed by atoms with Gasteiger partial charge >= 0.3 is 0 Å². The van der Waals surface area contributed by atoms with Crippen LogP contribution in [-0.4, -0.2) is 39.6 Å². The molecule has 2 aliphatic heterocycles. The predicted molar refractivity (Wildman–Crippen MR) is 112 cm³/mol. The van der Waals surface area contributed by atoms with Crippen LogP contribution in [0.2, 0.25) is 0 Å². The first-order chi connectivity index (χ1) is 15.0. The Kier molecular flexibility index (Phi) is 4.54. The summed E-state index contributed by atoms with van der Waals surface area (Å²) in [5.74, 6) is -1.18. The molecule has 8 nitrogen and oxygen atoms in total. The van der Waals surface area contributed by atoms with Gasteiger partial charge in [0.25, 0.3) is 11.8 Å². The maximum atomic E-state index is 12.9. The number of carbonyl (C=O) groups excluding carboxylic acids is 4. The Bertz CT molecular complexity index is 1250. The number of nitrogens with one attached hydrogen (secondary N) is 3. The van der Waals surface area contributed by atoms with Gasteiger partial charge in [0, 0.05) is 47.7 Å². The number of carbonyl (C=O) groups is 4. The van der Waals surface area contributed by atoms with Gasteiger partial charge in [0.15, 0.2) is 0 Å². The van der Waals surface area contributed by atoms with E-state index in [2.05, 4.69) is 15.6 Å². The van der Waals surface area contributed by atoms with Gasteiger partial charge in [-0.2, -0.15) is 0 Å². The van der Waals surface area contributed by atoms with Crippen LogP contribution in [0.15, 0.2) is 48.7 Å². The molecule has 156 valence electrons. The van der Waals surface area contributed by atoms with Gasteiger partial charge in [-0.1, -0.05) is 18.2 Å². The van der Waals surface area contributed by atoms with Gasteiger partial charge in [-0.05, 0) is 41.8 Å². The monoisotopic (exact) mass is 416 g/mol. The summed E-state index contributed by atoms with van der Waals surface area (Å²) >= 11 is 0. The van der Waals surface area contributed by atoms with Gasteiger partial charge in [-0.15, -0.1) is 0 Å². The summed E-state index contributed by atoms with van der Waals surface area (Å²) in [7, 11) is 0. The summed E-state index contributed by atoms with van der Waals surface area (Å²) in [6, 6.07) is 12.1. The van der Waals surface area contributed by atoms with Crippen molar-refractivity contribution in [1.82, 2.24) is 20.5 Å². The van der Waals surface area contributed by atoms with Crippen molar-refractivity contribution in [2.24, 2.45) is 0 Å². The number of rotatable bonds is 4. The third-order valence-electron chi connectivity index (χ3n) is 5.96. The van der Waals surface area contributed by atoms with E-state index in [1.165, 1.54) is 4.90 Å². The van der Waals surface area contributed by atoms with Crippen molar-refractivity contribution < 1.29 is 19.2 Å². The molecule has 2 aliphatic rings. The number of fused-ring (bicyclic) bond motifs is 2. The van der Waals surface area contributed by atoms with Crippen LogP contribution in [-0.2, 0) is 22.7 Å². The van der Waals surface area contributed by atoms with E-state index in [1.807, 2.05) is 24.3 Å². The molecule has 1 fully saturated rings. The second-order valence-corrected chi connectivity index (χ2v) is 7.77. The second kappa shape index (κ2) is 7.39. The molecule has 0 aliphatic carbocycles. The topological polar surface area (TPSA) is 111 Å². The van der Waals surface area contributed by atoms with E-state index in [-0.39, 0.29) is 37.2 Å². The minimum atomic E-state index is -0.661. The Morgan fingerprint density at radius 1 is 1.10 bits per heavy atom. The molecule has 3 N–H and O–H groups in total. The first kappa shape index (κ1) is 19.0. The van der Waals surface area contributed by atoms with Crippen molar-refractivity contribution in [2.75, 3.05) is 0 Å². The molecule has 0 bridgehead atoms. The summed E-state index contributed by atoms with van der Waals surface area (Å²) in [4.78, 5) is 54.0. The van der Waals surface area contributed by atoms with E-state index in [4.69, 9.17) is 0 Å². The van der Waals surface area contributed by atoms with Crippen LogP contribution in [0.3, 0.4) is 0 Å². The number of imide groups is 1. The standard InChI is InChI=1S/C23H20N4O4/c28-20-8-7-19(22(30)26-20)27-12-17-13(3-1-5-16(17)23(27)31)11-25-21(29)15-4-2-6-18-14(15)9-10-24-18/h1-6,9-10,19,24H,7-8,11-12H2,(H,25,29)(H,26,28,30). The number of aromatic nitrogens is 1. The number of amides is 4. The van der Waals surface area contributed by atoms with Gasteiger partial charge in [0.1, 0.15) is 6.04 Å². The largest absolute Gasteiger partial charge is 0.361 e. The molecule has 3 heterocycles. The SMILES string of the molecule is O=C1CCC(N2Cc3c(CNC(=O)c4cccc5[nH]ccc45)cccc3C2=O)C(=O)N1. The molecule has 4 amide bonds. The molecule has 0 spiro atoms. The average Bonchev–Trinajstić information content (AvgIpc) is 3.37. The normalized spacial score (nSPS) is 18.3. The molecule has 0 saturated carbocycles. The van der Waals surface area contributed by atoms with Crippen molar-refractivity contribution in [2.45, 2.75) is 32.0 Å². The number of nitrogens with zero attached hydrogens (tertiary/aromatic N) is 1. The molecule has 31 heavy (non-hydrogen) atoms. The molecule has 2 aromatic carbocycles. The van der Waals surface area contributed by atoms with Gasteiger partial charge in [-0.3, -0.25) is 24.5 Å². The number of benzene rings is 2. The summed E-state index contributed by atoms with van der Waals surface area (Å²) in [6.07, 6.45) is 2.32. The van der Waals surface area contributed by atoms with Gasteiger partial charge in [-0.25, -0.2) is 0 Å². The zero-order valence-corrected chi connectivity index (χ0v) is 16.6. The Morgan fingerprint density at radius 3 is 2.77 bits per heavy atom. The molecule has 1 saturated heterocycles. The smallest absolute Gasteiger partial charge is 0.255 e. The molecule has 5 rings (SSSR count). The number of aromatic amines is 1. The third kappa shape index (κ3) is 3.26. The van der Waals surface area contributed by atoms with Crippen LogP contribution in [0.5, 0.6) is 0 Å². The Balaban J connectivity index is 1.35. The number of hydrogen-bond donors (Lipinski definition) is 3. The highest BCUT2D eigenvalue weighted by atomic mass is 16.2. The maximum Gasteiger partial charge on any atom is 0.255 e. The van der Waals surface area contributed by atoms with E-state index in [0.29, 0.717) is 17.5 Å².